The van der Waals surface area contributed by atoms with Crippen LogP contribution in [0.1, 0.15) is 16.7 Å². The Labute approximate surface area is 99.5 Å². The highest BCUT2D eigenvalue weighted by molar-refractivity contribution is 5.72. The van der Waals surface area contributed by atoms with Gasteiger partial charge < -0.3 is 0 Å². The Balaban J connectivity index is 2.26. The number of halogens is 1. The van der Waals surface area contributed by atoms with E-state index in [0.29, 0.717) is 5.56 Å². The van der Waals surface area contributed by atoms with Gasteiger partial charge >= 0.3 is 0 Å². The van der Waals surface area contributed by atoms with Crippen molar-refractivity contribution < 1.29 is 4.39 Å². The molecular formula is C15H10FN. The van der Waals surface area contributed by atoms with Gasteiger partial charge in [-0.05, 0) is 29.3 Å². The van der Waals surface area contributed by atoms with Crippen LogP contribution in [0.5, 0.6) is 0 Å². The van der Waals surface area contributed by atoms with Crippen LogP contribution in [-0.4, -0.2) is 0 Å². The summed E-state index contributed by atoms with van der Waals surface area (Å²) in [5, 5.41) is 8.92. The molecule has 17 heavy (non-hydrogen) atoms. The largest absolute Gasteiger partial charge is 0.207 e. The van der Waals surface area contributed by atoms with E-state index in [1.165, 1.54) is 12.1 Å². The third-order valence-electron chi connectivity index (χ3n) is 2.41. The minimum atomic E-state index is -0.250. The van der Waals surface area contributed by atoms with Gasteiger partial charge in [0.25, 0.3) is 0 Å². The fourth-order valence-electron chi connectivity index (χ4n) is 1.50. The molecule has 0 N–H and O–H groups in total. The Morgan fingerprint density at radius 1 is 0.941 bits per heavy atom. The zero-order valence-corrected chi connectivity index (χ0v) is 9.10. The van der Waals surface area contributed by atoms with Gasteiger partial charge in [0.1, 0.15) is 5.82 Å². The molecule has 2 rings (SSSR count). The van der Waals surface area contributed by atoms with Gasteiger partial charge in [-0.3, -0.25) is 0 Å². The van der Waals surface area contributed by atoms with Gasteiger partial charge in [-0.1, -0.05) is 42.5 Å². The zero-order valence-electron chi connectivity index (χ0n) is 9.10. The quantitative estimate of drug-likeness (QED) is 0.709. The highest BCUT2D eigenvalue weighted by Gasteiger charge is 1.95. The first kappa shape index (κ1) is 11.1. The summed E-state index contributed by atoms with van der Waals surface area (Å²) < 4.78 is 12.7. The Hall–Kier alpha value is -2.40. The summed E-state index contributed by atoms with van der Waals surface area (Å²) in [5.41, 5.74) is 2.39. The van der Waals surface area contributed by atoms with Crippen LogP contribution in [-0.2, 0) is 0 Å². The standard InChI is InChI=1S/C15H10FN/c16-15-9-6-12(7-10-15)5-8-13-3-1-2-4-14(13)11-17/h1-10H. The number of hydrogen-bond donors (Lipinski definition) is 0. The molecule has 0 atom stereocenters. The number of nitrogens with zero attached hydrogens (tertiary/aromatic N) is 1. The van der Waals surface area contributed by atoms with Gasteiger partial charge in [-0.25, -0.2) is 4.39 Å². The minimum Gasteiger partial charge on any atom is -0.207 e. The van der Waals surface area contributed by atoms with Crippen molar-refractivity contribution in [2.45, 2.75) is 0 Å². The van der Waals surface area contributed by atoms with Crippen molar-refractivity contribution in [2.75, 3.05) is 0 Å². The second kappa shape index (κ2) is 5.09. The summed E-state index contributed by atoms with van der Waals surface area (Å²) in [6, 6.07) is 15.7. The molecule has 0 bridgehead atoms. The first-order valence-electron chi connectivity index (χ1n) is 5.22. The van der Waals surface area contributed by atoms with Crippen LogP contribution >= 0.6 is 0 Å². The summed E-state index contributed by atoms with van der Waals surface area (Å²) in [6.07, 6.45) is 3.71. The monoisotopic (exact) mass is 223 g/mol. The van der Waals surface area contributed by atoms with Crippen molar-refractivity contribution in [2.24, 2.45) is 0 Å². The molecule has 0 aromatic heterocycles. The third kappa shape index (κ3) is 2.79. The molecule has 0 fully saturated rings. The molecule has 0 spiro atoms. The molecule has 0 saturated heterocycles. The van der Waals surface area contributed by atoms with Crippen molar-refractivity contribution in [3.8, 4) is 6.07 Å². The molecule has 0 aliphatic carbocycles. The molecular weight excluding hydrogens is 213 g/mol. The van der Waals surface area contributed by atoms with E-state index in [0.717, 1.165) is 11.1 Å². The molecule has 2 aromatic rings. The summed E-state index contributed by atoms with van der Waals surface area (Å²) >= 11 is 0. The van der Waals surface area contributed by atoms with Crippen LogP contribution < -0.4 is 0 Å². The molecule has 82 valence electrons. The molecule has 0 aliphatic rings. The van der Waals surface area contributed by atoms with E-state index in [9.17, 15) is 4.39 Å². The predicted octanol–water partition coefficient (Wildman–Crippen LogP) is 3.87. The first-order valence-corrected chi connectivity index (χ1v) is 5.22. The average molecular weight is 223 g/mol. The first-order chi connectivity index (χ1) is 8.29. The molecule has 2 heteroatoms. The normalized spacial score (nSPS) is 10.4. The van der Waals surface area contributed by atoms with E-state index >= 15 is 0 Å². The highest BCUT2D eigenvalue weighted by Crippen LogP contribution is 2.12. The lowest BCUT2D eigenvalue weighted by Gasteiger charge is -1.97. The van der Waals surface area contributed by atoms with Crippen molar-refractivity contribution >= 4 is 12.2 Å². The molecule has 0 saturated carbocycles. The van der Waals surface area contributed by atoms with Crippen LogP contribution in [0.4, 0.5) is 4.39 Å². The maximum atomic E-state index is 12.7. The summed E-state index contributed by atoms with van der Waals surface area (Å²) in [6.45, 7) is 0. The molecule has 0 radical (unpaired) electrons. The van der Waals surface area contributed by atoms with Crippen molar-refractivity contribution in [1.82, 2.24) is 0 Å². The lowest BCUT2D eigenvalue weighted by Crippen LogP contribution is -1.80. The van der Waals surface area contributed by atoms with Crippen molar-refractivity contribution in [1.29, 1.82) is 5.26 Å². The Bertz CT molecular complexity index is 577. The molecule has 0 unspecified atom stereocenters. The minimum absolute atomic E-state index is 0.250. The van der Waals surface area contributed by atoms with Crippen LogP contribution in [0.3, 0.4) is 0 Å². The lowest BCUT2D eigenvalue weighted by molar-refractivity contribution is 0.628. The third-order valence-corrected chi connectivity index (χ3v) is 2.41. The zero-order chi connectivity index (χ0) is 12.1. The number of benzene rings is 2. The van der Waals surface area contributed by atoms with E-state index in [-0.39, 0.29) is 5.82 Å². The molecule has 0 amide bonds. The second-order valence-corrected chi connectivity index (χ2v) is 3.58. The Morgan fingerprint density at radius 2 is 1.65 bits per heavy atom. The van der Waals surface area contributed by atoms with E-state index in [2.05, 4.69) is 6.07 Å². The van der Waals surface area contributed by atoms with E-state index in [4.69, 9.17) is 5.26 Å². The van der Waals surface area contributed by atoms with Crippen LogP contribution in [0.15, 0.2) is 48.5 Å². The second-order valence-electron chi connectivity index (χ2n) is 3.58. The fourth-order valence-corrected chi connectivity index (χ4v) is 1.50. The Kier molecular flexibility index (Phi) is 3.32. The van der Waals surface area contributed by atoms with Gasteiger partial charge in [-0.2, -0.15) is 5.26 Å². The molecule has 1 nitrogen and oxygen atoms in total. The number of nitriles is 1. The number of hydrogen-bond acceptors (Lipinski definition) is 1. The number of rotatable bonds is 2. The van der Waals surface area contributed by atoms with Gasteiger partial charge in [0.2, 0.25) is 0 Å². The van der Waals surface area contributed by atoms with Crippen molar-refractivity contribution in [3.63, 3.8) is 0 Å². The summed E-state index contributed by atoms with van der Waals surface area (Å²) in [5.74, 6) is -0.250. The summed E-state index contributed by atoms with van der Waals surface area (Å²) in [4.78, 5) is 0. The molecule has 0 heterocycles. The van der Waals surface area contributed by atoms with Gasteiger partial charge in [0, 0.05) is 0 Å². The maximum Gasteiger partial charge on any atom is 0.123 e. The Morgan fingerprint density at radius 3 is 2.35 bits per heavy atom. The lowest BCUT2D eigenvalue weighted by atomic mass is 10.1. The molecule has 2 aromatic carbocycles. The van der Waals surface area contributed by atoms with Crippen molar-refractivity contribution in [3.05, 3.63) is 71.0 Å². The maximum absolute atomic E-state index is 12.7. The fraction of sp³-hybridized carbons (Fsp3) is 0. The van der Waals surface area contributed by atoms with E-state index in [1.54, 1.807) is 18.2 Å². The van der Waals surface area contributed by atoms with Gasteiger partial charge in [-0.15, -0.1) is 0 Å². The van der Waals surface area contributed by atoms with Gasteiger partial charge in [0.15, 0.2) is 0 Å². The average Bonchev–Trinajstić information content (AvgIpc) is 2.38. The highest BCUT2D eigenvalue weighted by atomic mass is 19.1. The van der Waals surface area contributed by atoms with Crippen LogP contribution in [0.2, 0.25) is 0 Å². The van der Waals surface area contributed by atoms with E-state index < -0.39 is 0 Å². The van der Waals surface area contributed by atoms with Crippen LogP contribution in [0, 0.1) is 17.1 Å². The van der Waals surface area contributed by atoms with Crippen LogP contribution in [0.25, 0.3) is 12.2 Å². The topological polar surface area (TPSA) is 23.8 Å². The molecule has 0 aliphatic heterocycles. The van der Waals surface area contributed by atoms with Gasteiger partial charge in [0.05, 0.1) is 11.6 Å². The van der Waals surface area contributed by atoms with E-state index in [1.807, 2.05) is 30.4 Å². The SMILES string of the molecule is N#Cc1ccccc1C=Cc1ccc(F)cc1. The summed E-state index contributed by atoms with van der Waals surface area (Å²) in [7, 11) is 0. The predicted molar refractivity (Wildman–Crippen MR) is 66.5 cm³/mol. The smallest absolute Gasteiger partial charge is 0.123 e.